The van der Waals surface area contributed by atoms with Gasteiger partial charge in [-0.3, -0.25) is 0 Å². The number of aryl methyl sites for hydroxylation is 1. The Morgan fingerprint density at radius 1 is 1.36 bits per heavy atom. The van der Waals surface area contributed by atoms with Crippen molar-refractivity contribution in [3.8, 4) is 5.75 Å². The number of aromatic nitrogens is 1. The minimum Gasteiger partial charge on any atom is -0.379 e. The molecule has 0 amide bonds. The first-order chi connectivity index (χ1) is 10.2. The Bertz CT molecular complexity index is 827. The van der Waals surface area contributed by atoms with Gasteiger partial charge in [0.2, 0.25) is 0 Å². The minimum atomic E-state index is -3.76. The third-order valence-corrected chi connectivity index (χ3v) is 4.67. The fourth-order valence-electron chi connectivity index (χ4n) is 3.07. The lowest BCUT2D eigenvalue weighted by molar-refractivity contribution is 0.268. The Morgan fingerprint density at radius 2 is 2.09 bits per heavy atom. The molecular formula is C15H19FN2O3S. The fourth-order valence-corrected chi connectivity index (χ4v) is 3.52. The molecule has 5 nitrogen and oxygen atoms in total. The van der Waals surface area contributed by atoms with Gasteiger partial charge in [-0.2, -0.15) is 8.42 Å². The molecule has 1 aliphatic rings. The summed E-state index contributed by atoms with van der Waals surface area (Å²) >= 11 is 0. The van der Waals surface area contributed by atoms with Crippen molar-refractivity contribution in [3.63, 3.8) is 0 Å². The fraction of sp³-hybridized carbons (Fsp3) is 0.467. The van der Waals surface area contributed by atoms with Gasteiger partial charge >= 0.3 is 10.1 Å². The molecule has 3 rings (SSSR count). The Hall–Kier alpha value is -1.60. The van der Waals surface area contributed by atoms with E-state index in [0.717, 1.165) is 42.2 Å². The van der Waals surface area contributed by atoms with Gasteiger partial charge in [-0.1, -0.05) is 0 Å². The molecule has 1 heterocycles. The first-order valence-electron chi connectivity index (χ1n) is 7.13. The number of H-pyrrole nitrogens is 1. The van der Waals surface area contributed by atoms with Crippen molar-refractivity contribution < 1.29 is 17.0 Å². The van der Waals surface area contributed by atoms with Crippen LogP contribution in [0.1, 0.15) is 17.7 Å². The van der Waals surface area contributed by atoms with Crippen LogP contribution in [-0.2, 0) is 23.0 Å². The number of nitrogens with one attached hydrogen (secondary N) is 1. The number of likely N-dealkylation sites (N-methyl/N-ethyl adjacent to an activating group) is 1. The monoisotopic (exact) mass is 326 g/mol. The lowest BCUT2D eigenvalue weighted by Gasteiger charge is -2.28. The molecule has 1 aromatic heterocycles. The summed E-state index contributed by atoms with van der Waals surface area (Å²) in [6.07, 6.45) is 3.70. The average molecular weight is 326 g/mol. The van der Waals surface area contributed by atoms with Crippen molar-refractivity contribution in [2.24, 2.45) is 0 Å². The van der Waals surface area contributed by atoms with E-state index >= 15 is 0 Å². The Morgan fingerprint density at radius 3 is 2.73 bits per heavy atom. The molecule has 2 aromatic rings. The summed E-state index contributed by atoms with van der Waals surface area (Å²) in [4.78, 5) is 5.42. The van der Waals surface area contributed by atoms with Crippen LogP contribution in [-0.4, -0.2) is 44.7 Å². The van der Waals surface area contributed by atoms with Crippen LogP contribution in [0.25, 0.3) is 10.9 Å². The highest BCUT2D eigenvalue weighted by atomic mass is 32.2. The number of aromatic amines is 1. The average Bonchev–Trinajstić information content (AvgIpc) is 2.74. The van der Waals surface area contributed by atoms with Gasteiger partial charge in [0, 0.05) is 28.7 Å². The Labute approximate surface area is 129 Å². The molecule has 1 atom stereocenters. The van der Waals surface area contributed by atoms with Crippen LogP contribution in [0, 0.1) is 5.82 Å². The first-order valence-corrected chi connectivity index (χ1v) is 8.95. The van der Waals surface area contributed by atoms with Crippen LogP contribution in [0.15, 0.2) is 12.1 Å². The molecule has 0 fully saturated rings. The van der Waals surface area contributed by atoms with Crippen LogP contribution in [0.4, 0.5) is 4.39 Å². The molecule has 0 saturated heterocycles. The van der Waals surface area contributed by atoms with Gasteiger partial charge in [-0.25, -0.2) is 4.39 Å². The number of halogens is 1. The second-order valence-electron chi connectivity index (χ2n) is 6.06. The van der Waals surface area contributed by atoms with E-state index < -0.39 is 15.9 Å². The smallest absolute Gasteiger partial charge is 0.306 e. The van der Waals surface area contributed by atoms with Crippen molar-refractivity contribution in [2.45, 2.75) is 25.3 Å². The molecule has 7 heteroatoms. The number of fused-ring (bicyclic) bond motifs is 3. The van der Waals surface area contributed by atoms with E-state index in [1.165, 1.54) is 12.1 Å². The highest BCUT2D eigenvalue weighted by Gasteiger charge is 2.25. The van der Waals surface area contributed by atoms with Gasteiger partial charge in [0.15, 0.2) is 11.6 Å². The zero-order valence-electron chi connectivity index (χ0n) is 12.8. The van der Waals surface area contributed by atoms with E-state index in [1.807, 2.05) is 14.1 Å². The topological polar surface area (TPSA) is 62.4 Å². The predicted octanol–water partition coefficient (Wildman–Crippen LogP) is 2.06. The molecular weight excluding hydrogens is 307 g/mol. The normalized spacial score (nSPS) is 18.7. The van der Waals surface area contributed by atoms with Crippen LogP contribution >= 0.6 is 0 Å². The standard InChI is InChI=1S/C15H19FN2O3S/c1-18(2)9-4-5-13-10(6-9)11-7-15(21-22(3,19)20)12(16)8-14(11)17-13/h7-9,17H,4-6H2,1-3H3. The molecule has 0 radical (unpaired) electrons. The van der Waals surface area contributed by atoms with Crippen molar-refractivity contribution in [2.75, 3.05) is 20.4 Å². The lowest BCUT2D eigenvalue weighted by Crippen LogP contribution is -2.33. The summed E-state index contributed by atoms with van der Waals surface area (Å²) in [5.41, 5.74) is 2.91. The third kappa shape index (κ3) is 2.83. The Balaban J connectivity index is 2.09. The molecule has 1 aromatic carbocycles. The SMILES string of the molecule is CN(C)C1CCc2[nH]c3cc(F)c(OS(C)(=O)=O)cc3c2C1. The molecule has 1 N–H and O–H groups in total. The summed E-state index contributed by atoms with van der Waals surface area (Å²) in [5, 5.41) is 0.835. The maximum atomic E-state index is 14.0. The molecule has 0 aliphatic heterocycles. The van der Waals surface area contributed by atoms with Crippen molar-refractivity contribution in [1.29, 1.82) is 0 Å². The first kappa shape index (κ1) is 15.3. The second-order valence-corrected chi connectivity index (χ2v) is 7.63. The molecule has 0 saturated carbocycles. The van der Waals surface area contributed by atoms with E-state index in [1.54, 1.807) is 0 Å². The van der Waals surface area contributed by atoms with Crippen molar-refractivity contribution >= 4 is 21.0 Å². The van der Waals surface area contributed by atoms with Crippen molar-refractivity contribution in [1.82, 2.24) is 9.88 Å². The molecule has 120 valence electrons. The van der Waals surface area contributed by atoms with E-state index in [2.05, 4.69) is 9.88 Å². The summed E-state index contributed by atoms with van der Waals surface area (Å²) in [5.74, 6) is -0.926. The zero-order valence-corrected chi connectivity index (χ0v) is 13.6. The van der Waals surface area contributed by atoms with Crippen LogP contribution in [0.2, 0.25) is 0 Å². The van der Waals surface area contributed by atoms with Crippen molar-refractivity contribution in [3.05, 3.63) is 29.2 Å². The highest BCUT2D eigenvalue weighted by Crippen LogP contribution is 2.34. The maximum absolute atomic E-state index is 14.0. The van der Waals surface area contributed by atoms with Gasteiger partial charge < -0.3 is 14.1 Å². The quantitative estimate of drug-likeness (QED) is 0.877. The second kappa shape index (κ2) is 5.24. The van der Waals surface area contributed by atoms with Crippen LogP contribution < -0.4 is 4.18 Å². The number of benzene rings is 1. The minimum absolute atomic E-state index is 0.247. The van der Waals surface area contributed by atoms with E-state index in [4.69, 9.17) is 4.18 Å². The number of hydrogen-bond donors (Lipinski definition) is 1. The molecule has 1 aliphatic carbocycles. The third-order valence-electron chi connectivity index (χ3n) is 4.19. The lowest BCUT2D eigenvalue weighted by atomic mass is 9.91. The van der Waals surface area contributed by atoms with Gasteiger partial charge in [0.25, 0.3) is 0 Å². The maximum Gasteiger partial charge on any atom is 0.306 e. The number of nitrogens with zero attached hydrogens (tertiary/aromatic N) is 1. The van der Waals surface area contributed by atoms with Gasteiger partial charge in [0.05, 0.1) is 6.26 Å². The summed E-state index contributed by atoms with van der Waals surface area (Å²) in [6.45, 7) is 0. The summed E-state index contributed by atoms with van der Waals surface area (Å²) < 4.78 is 41.3. The van der Waals surface area contributed by atoms with E-state index in [-0.39, 0.29) is 5.75 Å². The van der Waals surface area contributed by atoms with Gasteiger partial charge in [0.1, 0.15) is 0 Å². The number of hydrogen-bond acceptors (Lipinski definition) is 4. The molecule has 22 heavy (non-hydrogen) atoms. The van der Waals surface area contributed by atoms with E-state index in [0.29, 0.717) is 11.6 Å². The Kier molecular flexibility index (Phi) is 3.65. The predicted molar refractivity (Wildman–Crippen MR) is 83.2 cm³/mol. The zero-order chi connectivity index (χ0) is 16.1. The van der Waals surface area contributed by atoms with E-state index in [9.17, 15) is 12.8 Å². The largest absolute Gasteiger partial charge is 0.379 e. The van der Waals surface area contributed by atoms with Gasteiger partial charge in [-0.15, -0.1) is 0 Å². The summed E-state index contributed by atoms with van der Waals surface area (Å²) in [6, 6.07) is 3.22. The van der Waals surface area contributed by atoms with Crippen LogP contribution in [0.3, 0.4) is 0 Å². The van der Waals surface area contributed by atoms with Gasteiger partial charge in [-0.05, 0) is 45.0 Å². The molecule has 0 spiro atoms. The van der Waals surface area contributed by atoms with Crippen LogP contribution in [0.5, 0.6) is 5.75 Å². The summed E-state index contributed by atoms with van der Waals surface area (Å²) in [7, 11) is 0.333. The molecule has 1 unspecified atom stereocenters. The number of rotatable bonds is 3. The highest BCUT2D eigenvalue weighted by molar-refractivity contribution is 7.86. The molecule has 0 bridgehead atoms.